The fourth-order valence-electron chi connectivity index (χ4n) is 2.48. The number of aryl methyl sites for hydroxylation is 1. The van der Waals surface area contributed by atoms with E-state index in [0.29, 0.717) is 18.7 Å². The molecule has 0 aliphatic carbocycles. The van der Waals surface area contributed by atoms with Crippen molar-refractivity contribution in [3.8, 4) is 0 Å². The second-order valence-corrected chi connectivity index (χ2v) is 6.14. The zero-order valence-corrected chi connectivity index (χ0v) is 18.4. The molecule has 0 atom stereocenters. The first-order chi connectivity index (χ1) is 11.9. The molecule has 0 saturated carbocycles. The zero-order valence-electron chi connectivity index (χ0n) is 15.3. The molecule has 0 bridgehead atoms. The quantitative estimate of drug-likeness (QED) is 0.302. The van der Waals surface area contributed by atoms with Crippen molar-refractivity contribution in [1.29, 1.82) is 0 Å². The van der Waals surface area contributed by atoms with Gasteiger partial charge in [0.05, 0.1) is 24.2 Å². The van der Waals surface area contributed by atoms with Gasteiger partial charge in [-0.1, -0.05) is 23.7 Å². The highest BCUT2D eigenvalue weighted by Gasteiger charge is 2.10. The van der Waals surface area contributed by atoms with Crippen LogP contribution in [0.2, 0.25) is 5.02 Å². The molecule has 0 saturated heterocycles. The Hall–Kier alpha value is -1.74. The number of nitrogens with one attached hydrogen (secondary N) is 1. The average molecular weight is 491 g/mol. The molecule has 6 nitrogen and oxygen atoms in total. The minimum atomic E-state index is -0.337. The molecule has 1 aromatic heterocycles. The van der Waals surface area contributed by atoms with Crippen LogP contribution in [0.4, 0.5) is 0 Å². The fraction of sp³-hybridized carbons (Fsp3) is 0.333. The van der Waals surface area contributed by atoms with Crippen LogP contribution in [0, 0.1) is 0 Å². The number of methoxy groups -OCH3 is 1. The topological polar surface area (TPSA) is 58.9 Å². The number of guanidine groups is 1. The fourth-order valence-corrected chi connectivity index (χ4v) is 2.76. The molecule has 0 radical (unpaired) electrons. The van der Waals surface area contributed by atoms with E-state index in [9.17, 15) is 4.79 Å². The summed E-state index contributed by atoms with van der Waals surface area (Å²) in [6, 6.07) is 9.23. The minimum Gasteiger partial charge on any atom is -0.465 e. The first kappa shape index (κ1) is 22.3. The SMILES string of the molecule is CN=C(NCc1ccc(C(=O)OC)cc1)N(C)Cc1cc(Cl)cn1C.I. The van der Waals surface area contributed by atoms with Crippen LogP contribution in [0.3, 0.4) is 0 Å². The van der Waals surface area contributed by atoms with Crippen molar-refractivity contribution in [2.24, 2.45) is 12.0 Å². The maximum atomic E-state index is 11.5. The van der Waals surface area contributed by atoms with Gasteiger partial charge >= 0.3 is 5.97 Å². The lowest BCUT2D eigenvalue weighted by Gasteiger charge is -2.22. The third kappa shape index (κ3) is 5.91. The number of benzene rings is 1. The number of ether oxygens (including phenoxy) is 1. The lowest BCUT2D eigenvalue weighted by atomic mass is 10.1. The van der Waals surface area contributed by atoms with Crippen LogP contribution in [0.15, 0.2) is 41.5 Å². The van der Waals surface area contributed by atoms with Crippen LogP contribution in [0.1, 0.15) is 21.6 Å². The van der Waals surface area contributed by atoms with Crippen LogP contribution in [0.25, 0.3) is 0 Å². The summed E-state index contributed by atoms with van der Waals surface area (Å²) in [6.07, 6.45) is 1.88. The van der Waals surface area contributed by atoms with Crippen LogP contribution >= 0.6 is 35.6 Å². The van der Waals surface area contributed by atoms with E-state index in [2.05, 4.69) is 10.3 Å². The van der Waals surface area contributed by atoms with Crippen LogP contribution in [0.5, 0.6) is 0 Å². The highest BCUT2D eigenvalue weighted by Crippen LogP contribution is 2.14. The molecule has 1 aromatic carbocycles. The zero-order chi connectivity index (χ0) is 18.4. The van der Waals surface area contributed by atoms with Gasteiger partial charge in [-0.05, 0) is 23.8 Å². The Morgan fingerprint density at radius 2 is 2.00 bits per heavy atom. The van der Waals surface area contributed by atoms with Gasteiger partial charge in [0.25, 0.3) is 0 Å². The molecule has 0 amide bonds. The number of halogens is 2. The van der Waals surface area contributed by atoms with E-state index in [-0.39, 0.29) is 29.9 Å². The van der Waals surface area contributed by atoms with E-state index in [4.69, 9.17) is 16.3 Å². The molecule has 8 heteroatoms. The van der Waals surface area contributed by atoms with Crippen molar-refractivity contribution in [3.05, 3.63) is 58.4 Å². The van der Waals surface area contributed by atoms with E-state index in [1.54, 1.807) is 19.2 Å². The van der Waals surface area contributed by atoms with Gasteiger partial charge in [-0.2, -0.15) is 0 Å². The first-order valence-electron chi connectivity index (χ1n) is 7.84. The maximum absolute atomic E-state index is 11.5. The molecule has 0 fully saturated rings. The second-order valence-electron chi connectivity index (χ2n) is 5.71. The Morgan fingerprint density at radius 1 is 1.35 bits per heavy atom. The monoisotopic (exact) mass is 490 g/mol. The lowest BCUT2D eigenvalue weighted by Crippen LogP contribution is -2.38. The molecular weight excluding hydrogens is 467 g/mol. The average Bonchev–Trinajstić information content (AvgIpc) is 2.92. The summed E-state index contributed by atoms with van der Waals surface area (Å²) in [5.74, 6) is 0.436. The number of carbonyl (C=O) groups excluding carboxylic acids is 1. The number of hydrogen-bond donors (Lipinski definition) is 1. The van der Waals surface area contributed by atoms with Crippen molar-refractivity contribution in [1.82, 2.24) is 14.8 Å². The van der Waals surface area contributed by atoms with Gasteiger partial charge in [-0.3, -0.25) is 4.99 Å². The summed E-state index contributed by atoms with van der Waals surface area (Å²) in [4.78, 5) is 17.8. The largest absolute Gasteiger partial charge is 0.465 e. The van der Waals surface area contributed by atoms with E-state index >= 15 is 0 Å². The first-order valence-corrected chi connectivity index (χ1v) is 8.22. The Kier molecular flexibility index (Phi) is 8.94. The van der Waals surface area contributed by atoms with Crippen molar-refractivity contribution in [3.63, 3.8) is 0 Å². The Labute approximate surface area is 176 Å². The van der Waals surface area contributed by atoms with E-state index in [1.807, 2.05) is 48.0 Å². The Bertz CT molecular complexity index is 759. The predicted molar refractivity (Wildman–Crippen MR) is 115 cm³/mol. The van der Waals surface area contributed by atoms with Crippen molar-refractivity contribution < 1.29 is 9.53 Å². The van der Waals surface area contributed by atoms with Gasteiger partial charge in [0.1, 0.15) is 0 Å². The maximum Gasteiger partial charge on any atom is 0.337 e. The van der Waals surface area contributed by atoms with E-state index < -0.39 is 0 Å². The third-order valence-electron chi connectivity index (χ3n) is 3.87. The molecule has 26 heavy (non-hydrogen) atoms. The lowest BCUT2D eigenvalue weighted by molar-refractivity contribution is 0.0600. The second kappa shape index (κ2) is 10.4. The number of nitrogens with zero attached hydrogens (tertiary/aromatic N) is 3. The van der Waals surface area contributed by atoms with Crippen molar-refractivity contribution in [2.75, 3.05) is 21.2 Å². The predicted octanol–water partition coefficient (Wildman–Crippen LogP) is 3.29. The van der Waals surface area contributed by atoms with Crippen LogP contribution < -0.4 is 5.32 Å². The molecule has 142 valence electrons. The molecule has 0 spiro atoms. The van der Waals surface area contributed by atoms with Gasteiger partial charge in [-0.15, -0.1) is 24.0 Å². The number of aliphatic imine (C=N–C) groups is 1. The number of esters is 1. The highest BCUT2D eigenvalue weighted by molar-refractivity contribution is 14.0. The normalized spacial score (nSPS) is 10.9. The molecule has 0 aliphatic heterocycles. The van der Waals surface area contributed by atoms with Gasteiger partial charge in [0.15, 0.2) is 5.96 Å². The molecule has 0 aliphatic rings. The minimum absolute atomic E-state index is 0. The summed E-state index contributed by atoms with van der Waals surface area (Å²) < 4.78 is 6.70. The summed E-state index contributed by atoms with van der Waals surface area (Å²) >= 11 is 6.03. The van der Waals surface area contributed by atoms with Gasteiger partial charge < -0.3 is 19.5 Å². The van der Waals surface area contributed by atoms with Crippen molar-refractivity contribution >= 4 is 47.5 Å². The van der Waals surface area contributed by atoms with Gasteiger partial charge in [0, 0.05) is 39.6 Å². The summed E-state index contributed by atoms with van der Waals surface area (Å²) in [5, 5.41) is 4.03. The van der Waals surface area contributed by atoms with E-state index in [0.717, 1.165) is 22.2 Å². The third-order valence-corrected chi connectivity index (χ3v) is 4.08. The van der Waals surface area contributed by atoms with Crippen LogP contribution in [-0.4, -0.2) is 42.6 Å². The molecule has 0 unspecified atom stereocenters. The number of aromatic nitrogens is 1. The summed E-state index contributed by atoms with van der Waals surface area (Å²) in [5.41, 5.74) is 2.68. The molecule has 2 aromatic rings. The standard InChI is InChI=1S/C18H23ClN4O2.HI/c1-20-18(23(3)12-16-9-15(19)11-22(16)2)21-10-13-5-7-14(8-6-13)17(24)25-4;/h5-9,11H,10,12H2,1-4H3,(H,20,21);1H. The van der Waals surface area contributed by atoms with Gasteiger partial charge in [0.2, 0.25) is 0 Å². The molecule has 1 N–H and O–H groups in total. The summed E-state index contributed by atoms with van der Waals surface area (Å²) in [6.45, 7) is 1.29. The number of carbonyl (C=O) groups is 1. The summed E-state index contributed by atoms with van der Waals surface area (Å²) in [7, 11) is 7.05. The van der Waals surface area contributed by atoms with Gasteiger partial charge in [-0.25, -0.2) is 4.79 Å². The molecular formula is C18H24ClIN4O2. The van der Waals surface area contributed by atoms with Crippen molar-refractivity contribution in [2.45, 2.75) is 13.1 Å². The highest BCUT2D eigenvalue weighted by atomic mass is 127. The number of hydrogen-bond acceptors (Lipinski definition) is 3. The molecule has 2 rings (SSSR count). The van der Waals surface area contributed by atoms with E-state index in [1.165, 1.54) is 7.11 Å². The number of rotatable bonds is 5. The smallest absolute Gasteiger partial charge is 0.337 e. The molecule has 1 heterocycles. The Balaban J connectivity index is 0.00000338. The van der Waals surface area contributed by atoms with Crippen LogP contribution in [-0.2, 0) is 24.9 Å². The Morgan fingerprint density at radius 3 is 2.50 bits per heavy atom.